The van der Waals surface area contributed by atoms with E-state index in [0.717, 1.165) is 31.9 Å². The molecule has 1 saturated carbocycles. The topological polar surface area (TPSA) is 60.2 Å². The van der Waals surface area contributed by atoms with Crippen molar-refractivity contribution < 1.29 is 9.15 Å². The summed E-state index contributed by atoms with van der Waals surface area (Å²) in [5.41, 5.74) is 0. The molecule has 0 spiro atoms. The molecule has 1 aromatic rings. The van der Waals surface area contributed by atoms with E-state index in [4.69, 9.17) is 9.15 Å². The van der Waals surface area contributed by atoms with E-state index in [2.05, 4.69) is 15.5 Å². The number of hydrogen-bond donors (Lipinski definition) is 1. The molecule has 1 aliphatic heterocycles. The highest BCUT2D eigenvalue weighted by atomic mass is 16.5. The van der Waals surface area contributed by atoms with Crippen LogP contribution >= 0.6 is 0 Å². The first kappa shape index (κ1) is 10.1. The van der Waals surface area contributed by atoms with E-state index in [1.165, 1.54) is 19.3 Å². The minimum atomic E-state index is 0.305. The molecule has 1 aliphatic carbocycles. The van der Waals surface area contributed by atoms with E-state index in [1.54, 1.807) is 0 Å². The van der Waals surface area contributed by atoms with E-state index >= 15 is 0 Å². The molecule has 3 rings (SSSR count). The quantitative estimate of drug-likeness (QED) is 0.845. The Morgan fingerprint density at radius 2 is 2.12 bits per heavy atom. The number of anilines is 1. The zero-order chi connectivity index (χ0) is 10.8. The molecule has 2 aliphatic rings. The molecule has 0 amide bonds. The molecule has 1 saturated heterocycles. The van der Waals surface area contributed by atoms with Gasteiger partial charge in [0.05, 0.1) is 6.10 Å². The maximum absolute atomic E-state index is 5.56. The molecule has 5 nitrogen and oxygen atoms in total. The van der Waals surface area contributed by atoms with E-state index in [0.29, 0.717) is 18.0 Å². The van der Waals surface area contributed by atoms with Crippen LogP contribution in [0.15, 0.2) is 4.42 Å². The van der Waals surface area contributed by atoms with Gasteiger partial charge in [-0.25, -0.2) is 0 Å². The third kappa shape index (κ3) is 2.04. The second-order valence-corrected chi connectivity index (χ2v) is 4.59. The molecule has 16 heavy (non-hydrogen) atoms. The molecule has 5 heteroatoms. The van der Waals surface area contributed by atoms with Gasteiger partial charge in [-0.2, -0.15) is 0 Å². The number of aromatic nitrogens is 2. The van der Waals surface area contributed by atoms with E-state index in [1.807, 2.05) is 0 Å². The molecule has 88 valence electrons. The molecule has 0 radical (unpaired) electrons. The van der Waals surface area contributed by atoms with Crippen LogP contribution in [0.5, 0.6) is 0 Å². The molecular formula is C11H17N3O2. The largest absolute Gasteiger partial charge is 0.408 e. The van der Waals surface area contributed by atoms with Crippen LogP contribution in [-0.2, 0) is 4.74 Å². The van der Waals surface area contributed by atoms with Crippen LogP contribution in [0, 0.1) is 0 Å². The summed E-state index contributed by atoms with van der Waals surface area (Å²) in [6, 6.07) is 0.539. The van der Waals surface area contributed by atoms with Crippen molar-refractivity contribution in [3.63, 3.8) is 0 Å². The van der Waals surface area contributed by atoms with Crippen molar-refractivity contribution in [1.82, 2.24) is 10.2 Å². The Bertz CT molecular complexity index is 343. The van der Waals surface area contributed by atoms with Gasteiger partial charge in [0.25, 0.3) is 0 Å². The molecule has 1 atom stereocenters. The van der Waals surface area contributed by atoms with Crippen LogP contribution in [-0.4, -0.2) is 29.5 Å². The van der Waals surface area contributed by atoms with Crippen molar-refractivity contribution in [3.05, 3.63) is 5.89 Å². The lowest BCUT2D eigenvalue weighted by Crippen LogP contribution is -2.18. The van der Waals surface area contributed by atoms with E-state index in [9.17, 15) is 0 Å². The summed E-state index contributed by atoms with van der Waals surface area (Å²) in [6.07, 6.45) is 6.24. The molecular weight excluding hydrogens is 206 g/mol. The molecule has 1 aromatic heterocycles. The Morgan fingerprint density at radius 3 is 2.81 bits per heavy atom. The molecule has 0 bridgehead atoms. The van der Waals surface area contributed by atoms with Gasteiger partial charge in [0, 0.05) is 19.1 Å². The van der Waals surface area contributed by atoms with Gasteiger partial charge in [0.2, 0.25) is 5.89 Å². The highest BCUT2D eigenvalue weighted by Crippen LogP contribution is 2.35. The van der Waals surface area contributed by atoms with Crippen molar-refractivity contribution in [2.24, 2.45) is 0 Å². The summed E-state index contributed by atoms with van der Waals surface area (Å²) in [5.74, 6) is 1.30. The Kier molecular flexibility index (Phi) is 2.78. The Morgan fingerprint density at radius 1 is 1.19 bits per heavy atom. The Labute approximate surface area is 94.6 Å². The Hall–Kier alpha value is -1.10. The maximum Gasteiger partial charge on any atom is 0.315 e. The first-order chi connectivity index (χ1) is 7.92. The fourth-order valence-electron chi connectivity index (χ4n) is 2.13. The highest BCUT2D eigenvalue weighted by molar-refractivity contribution is 5.18. The van der Waals surface area contributed by atoms with Gasteiger partial charge in [-0.15, -0.1) is 5.10 Å². The zero-order valence-corrected chi connectivity index (χ0v) is 9.32. The summed E-state index contributed by atoms with van der Waals surface area (Å²) in [6.45, 7) is 1.65. The molecule has 1 N–H and O–H groups in total. The lowest BCUT2D eigenvalue weighted by molar-refractivity contribution is 0.120. The standard InChI is InChI=1S/C11H17N3O2/c1-3-8(4-1)10-13-14-11(16-10)12-7-9-5-2-6-15-9/h8-9H,1-7H2,(H,12,14). The van der Waals surface area contributed by atoms with Crippen molar-refractivity contribution in [2.45, 2.75) is 44.1 Å². The van der Waals surface area contributed by atoms with Crippen molar-refractivity contribution in [2.75, 3.05) is 18.5 Å². The number of rotatable bonds is 4. The fourth-order valence-corrected chi connectivity index (χ4v) is 2.13. The molecule has 2 fully saturated rings. The maximum atomic E-state index is 5.56. The van der Waals surface area contributed by atoms with Gasteiger partial charge in [0.15, 0.2) is 0 Å². The summed E-state index contributed by atoms with van der Waals surface area (Å²) < 4.78 is 11.1. The van der Waals surface area contributed by atoms with Gasteiger partial charge in [0.1, 0.15) is 0 Å². The van der Waals surface area contributed by atoms with Gasteiger partial charge in [-0.3, -0.25) is 0 Å². The average Bonchev–Trinajstić information content (AvgIpc) is 2.81. The lowest BCUT2D eigenvalue weighted by atomic mass is 9.85. The first-order valence-electron chi connectivity index (χ1n) is 6.11. The predicted octanol–water partition coefficient (Wildman–Crippen LogP) is 1.93. The SMILES string of the molecule is C1COC(CNc2nnc(C3CCC3)o2)C1. The second-order valence-electron chi connectivity index (χ2n) is 4.59. The summed E-state index contributed by atoms with van der Waals surface area (Å²) >= 11 is 0. The van der Waals surface area contributed by atoms with E-state index in [-0.39, 0.29) is 0 Å². The lowest BCUT2D eigenvalue weighted by Gasteiger charge is -2.20. The highest BCUT2D eigenvalue weighted by Gasteiger charge is 2.25. The zero-order valence-electron chi connectivity index (χ0n) is 9.32. The molecule has 0 aromatic carbocycles. The van der Waals surface area contributed by atoms with Crippen LogP contribution in [0.1, 0.15) is 43.9 Å². The monoisotopic (exact) mass is 223 g/mol. The van der Waals surface area contributed by atoms with Gasteiger partial charge in [-0.05, 0) is 25.7 Å². The average molecular weight is 223 g/mol. The minimum absolute atomic E-state index is 0.305. The smallest absolute Gasteiger partial charge is 0.315 e. The number of nitrogens with zero attached hydrogens (tertiary/aromatic N) is 2. The van der Waals surface area contributed by atoms with Crippen LogP contribution < -0.4 is 5.32 Å². The van der Waals surface area contributed by atoms with Crippen molar-refractivity contribution >= 4 is 6.01 Å². The number of nitrogens with one attached hydrogen (secondary N) is 1. The van der Waals surface area contributed by atoms with Crippen molar-refractivity contribution in [1.29, 1.82) is 0 Å². The van der Waals surface area contributed by atoms with Gasteiger partial charge < -0.3 is 14.5 Å². The number of hydrogen-bond acceptors (Lipinski definition) is 5. The third-order valence-corrected chi connectivity index (χ3v) is 3.40. The van der Waals surface area contributed by atoms with Gasteiger partial charge in [-0.1, -0.05) is 11.5 Å². The predicted molar refractivity (Wildman–Crippen MR) is 58.4 cm³/mol. The van der Waals surface area contributed by atoms with Crippen molar-refractivity contribution in [3.8, 4) is 0 Å². The normalized spacial score (nSPS) is 25.6. The van der Waals surface area contributed by atoms with Crippen LogP contribution in [0.4, 0.5) is 6.01 Å². The summed E-state index contributed by atoms with van der Waals surface area (Å²) in [7, 11) is 0. The molecule has 2 heterocycles. The minimum Gasteiger partial charge on any atom is -0.408 e. The molecule has 1 unspecified atom stereocenters. The van der Waals surface area contributed by atoms with E-state index < -0.39 is 0 Å². The van der Waals surface area contributed by atoms with Gasteiger partial charge >= 0.3 is 6.01 Å². The second kappa shape index (κ2) is 4.41. The third-order valence-electron chi connectivity index (χ3n) is 3.40. The fraction of sp³-hybridized carbons (Fsp3) is 0.818. The first-order valence-corrected chi connectivity index (χ1v) is 6.11. The van der Waals surface area contributed by atoms with Crippen LogP contribution in [0.3, 0.4) is 0 Å². The summed E-state index contributed by atoms with van der Waals surface area (Å²) in [4.78, 5) is 0. The van der Waals surface area contributed by atoms with Crippen LogP contribution in [0.2, 0.25) is 0 Å². The van der Waals surface area contributed by atoms with Crippen LogP contribution in [0.25, 0.3) is 0 Å². The number of ether oxygens (including phenoxy) is 1. The summed E-state index contributed by atoms with van der Waals surface area (Å²) in [5, 5.41) is 11.2. The Balaban J connectivity index is 1.51.